The van der Waals surface area contributed by atoms with Crippen LogP contribution in [-0.2, 0) is 0 Å². The molecule has 1 fully saturated rings. The minimum Gasteiger partial charge on any atom is -0.396 e. The van der Waals surface area contributed by atoms with Crippen molar-refractivity contribution in [1.29, 1.82) is 0 Å². The van der Waals surface area contributed by atoms with Gasteiger partial charge in [0.25, 0.3) is 0 Å². The zero-order valence-corrected chi connectivity index (χ0v) is 8.76. The summed E-state index contributed by atoms with van der Waals surface area (Å²) in [5.41, 5.74) is -1.55. The first-order valence-electron chi connectivity index (χ1n) is 5.19. The van der Waals surface area contributed by atoms with Gasteiger partial charge in [-0.3, -0.25) is 0 Å². The fourth-order valence-corrected chi connectivity index (χ4v) is 2.17. The molecule has 90 valence electrons. The van der Waals surface area contributed by atoms with Crippen molar-refractivity contribution in [3.8, 4) is 0 Å². The summed E-state index contributed by atoms with van der Waals surface area (Å²) in [7, 11) is 0. The van der Waals surface area contributed by atoms with Crippen LogP contribution in [-0.4, -0.2) is 58.1 Å². The lowest BCUT2D eigenvalue weighted by Crippen LogP contribution is -2.51. The molecular weight excluding hydrogens is 200 g/mol. The van der Waals surface area contributed by atoms with Crippen molar-refractivity contribution in [2.24, 2.45) is 10.8 Å². The van der Waals surface area contributed by atoms with E-state index in [4.69, 9.17) is 0 Å². The van der Waals surface area contributed by atoms with E-state index in [2.05, 4.69) is 0 Å². The third kappa shape index (κ3) is 2.16. The molecule has 5 heteroatoms. The maximum Gasteiger partial charge on any atom is 0.0647 e. The second kappa shape index (κ2) is 4.76. The van der Waals surface area contributed by atoms with E-state index in [0.717, 1.165) is 0 Å². The second-order valence-corrected chi connectivity index (χ2v) is 4.71. The fraction of sp³-hybridized carbons (Fsp3) is 1.00. The van der Waals surface area contributed by atoms with Gasteiger partial charge in [0.05, 0.1) is 32.5 Å². The molecule has 0 spiro atoms. The van der Waals surface area contributed by atoms with E-state index in [1.807, 2.05) is 0 Å². The van der Waals surface area contributed by atoms with Crippen molar-refractivity contribution < 1.29 is 25.5 Å². The highest BCUT2D eigenvalue weighted by Gasteiger charge is 2.47. The molecule has 1 unspecified atom stereocenters. The van der Waals surface area contributed by atoms with Crippen LogP contribution in [0.3, 0.4) is 0 Å². The van der Waals surface area contributed by atoms with E-state index >= 15 is 0 Å². The number of hydrogen-bond acceptors (Lipinski definition) is 5. The Hall–Kier alpha value is -0.200. The first kappa shape index (κ1) is 12.9. The van der Waals surface area contributed by atoms with Gasteiger partial charge in [-0.1, -0.05) is 0 Å². The number of hydrogen-bond donors (Lipinski definition) is 5. The van der Waals surface area contributed by atoms with E-state index in [1.54, 1.807) is 0 Å². The quantitative estimate of drug-likeness (QED) is 0.396. The molecule has 0 bridgehead atoms. The SMILES string of the molecule is OCC1(CO)CCC(CO)(CO)C(O)C1. The van der Waals surface area contributed by atoms with Gasteiger partial charge in [-0.15, -0.1) is 0 Å². The van der Waals surface area contributed by atoms with E-state index < -0.39 is 16.9 Å². The summed E-state index contributed by atoms with van der Waals surface area (Å²) >= 11 is 0. The van der Waals surface area contributed by atoms with Gasteiger partial charge >= 0.3 is 0 Å². The molecule has 1 saturated carbocycles. The lowest BCUT2D eigenvalue weighted by atomic mass is 9.63. The minimum atomic E-state index is -0.888. The Kier molecular flexibility index (Phi) is 4.08. The molecule has 15 heavy (non-hydrogen) atoms. The van der Waals surface area contributed by atoms with Gasteiger partial charge in [0.1, 0.15) is 0 Å². The smallest absolute Gasteiger partial charge is 0.0647 e. The largest absolute Gasteiger partial charge is 0.396 e. The van der Waals surface area contributed by atoms with Gasteiger partial charge in [0, 0.05) is 10.8 Å². The van der Waals surface area contributed by atoms with Crippen LogP contribution in [0.2, 0.25) is 0 Å². The average Bonchev–Trinajstić information content (AvgIpc) is 2.29. The zero-order chi connectivity index (χ0) is 11.5. The van der Waals surface area contributed by atoms with Crippen LogP contribution >= 0.6 is 0 Å². The summed E-state index contributed by atoms with van der Waals surface area (Å²) in [6, 6.07) is 0. The highest BCUT2D eigenvalue weighted by molar-refractivity contribution is 4.97. The van der Waals surface area contributed by atoms with Crippen molar-refractivity contribution in [1.82, 2.24) is 0 Å². The Morgan fingerprint density at radius 1 is 0.867 bits per heavy atom. The Balaban J connectivity index is 2.76. The van der Waals surface area contributed by atoms with Gasteiger partial charge < -0.3 is 25.5 Å². The predicted octanol–water partition coefficient (Wildman–Crippen LogP) is -1.53. The minimum absolute atomic E-state index is 0.187. The molecule has 1 rings (SSSR count). The van der Waals surface area contributed by atoms with Gasteiger partial charge in [-0.2, -0.15) is 0 Å². The molecule has 0 amide bonds. The van der Waals surface area contributed by atoms with Crippen LogP contribution < -0.4 is 0 Å². The molecule has 0 saturated heterocycles. The van der Waals surface area contributed by atoms with Crippen LogP contribution in [0.25, 0.3) is 0 Å². The second-order valence-electron chi connectivity index (χ2n) is 4.71. The first-order chi connectivity index (χ1) is 7.08. The zero-order valence-electron chi connectivity index (χ0n) is 8.76. The van der Waals surface area contributed by atoms with Crippen LogP contribution in [0, 0.1) is 10.8 Å². The standard InChI is InChI=1S/C10H20O5/c11-4-9(5-12)1-2-10(6-13,7-14)8(15)3-9/h8,11-15H,1-7H2. The molecule has 1 aliphatic rings. The van der Waals surface area contributed by atoms with Crippen LogP contribution in [0.15, 0.2) is 0 Å². The molecular formula is C10H20O5. The van der Waals surface area contributed by atoms with Gasteiger partial charge in [-0.05, 0) is 19.3 Å². The van der Waals surface area contributed by atoms with Crippen molar-refractivity contribution in [3.05, 3.63) is 0 Å². The van der Waals surface area contributed by atoms with Crippen molar-refractivity contribution in [3.63, 3.8) is 0 Å². The topological polar surface area (TPSA) is 101 Å². The summed E-state index contributed by atoms with van der Waals surface area (Å²) in [6.07, 6.45) is 0.224. The molecule has 0 aromatic rings. The highest BCUT2D eigenvalue weighted by atomic mass is 16.3. The third-order valence-electron chi connectivity index (χ3n) is 3.79. The Labute approximate surface area is 89.0 Å². The predicted molar refractivity (Wildman–Crippen MR) is 53.1 cm³/mol. The van der Waals surface area contributed by atoms with Crippen molar-refractivity contribution >= 4 is 0 Å². The number of rotatable bonds is 4. The normalized spacial score (nSPS) is 29.0. The lowest BCUT2D eigenvalue weighted by Gasteiger charge is -2.46. The molecule has 0 heterocycles. The lowest BCUT2D eigenvalue weighted by molar-refractivity contribution is -0.131. The maximum absolute atomic E-state index is 9.88. The third-order valence-corrected chi connectivity index (χ3v) is 3.79. The Morgan fingerprint density at radius 3 is 1.73 bits per heavy atom. The highest BCUT2D eigenvalue weighted by Crippen LogP contribution is 2.44. The number of aliphatic hydroxyl groups is 5. The summed E-state index contributed by atoms with van der Waals surface area (Å²) in [6.45, 7) is -0.934. The molecule has 0 aromatic carbocycles. The average molecular weight is 220 g/mol. The monoisotopic (exact) mass is 220 g/mol. The summed E-state index contributed by atoms with van der Waals surface area (Å²) in [4.78, 5) is 0. The first-order valence-corrected chi connectivity index (χ1v) is 5.19. The Morgan fingerprint density at radius 2 is 1.40 bits per heavy atom. The molecule has 1 atom stereocenters. The number of aliphatic hydroxyl groups excluding tert-OH is 5. The van der Waals surface area contributed by atoms with Crippen molar-refractivity contribution in [2.75, 3.05) is 26.4 Å². The van der Waals surface area contributed by atoms with Gasteiger partial charge in [-0.25, -0.2) is 0 Å². The summed E-state index contributed by atoms with van der Waals surface area (Å²) in [5.74, 6) is 0. The van der Waals surface area contributed by atoms with E-state index in [1.165, 1.54) is 0 Å². The van der Waals surface area contributed by atoms with E-state index in [0.29, 0.717) is 12.8 Å². The Bertz CT molecular complexity index is 198. The molecule has 1 aliphatic carbocycles. The fourth-order valence-electron chi connectivity index (χ4n) is 2.17. The molecule has 0 radical (unpaired) electrons. The molecule has 0 aromatic heterocycles. The molecule has 5 nitrogen and oxygen atoms in total. The maximum atomic E-state index is 9.88. The van der Waals surface area contributed by atoms with Crippen LogP contribution in [0.1, 0.15) is 19.3 Å². The van der Waals surface area contributed by atoms with Crippen molar-refractivity contribution in [2.45, 2.75) is 25.4 Å². The van der Waals surface area contributed by atoms with Crippen LogP contribution in [0.4, 0.5) is 0 Å². The van der Waals surface area contributed by atoms with Gasteiger partial charge in [0.2, 0.25) is 0 Å². The van der Waals surface area contributed by atoms with E-state index in [9.17, 15) is 25.5 Å². The summed E-state index contributed by atoms with van der Waals surface area (Å²) < 4.78 is 0. The molecule has 5 N–H and O–H groups in total. The van der Waals surface area contributed by atoms with Crippen LogP contribution in [0.5, 0.6) is 0 Å². The van der Waals surface area contributed by atoms with Gasteiger partial charge in [0.15, 0.2) is 0 Å². The molecule has 0 aliphatic heterocycles. The van der Waals surface area contributed by atoms with E-state index in [-0.39, 0.29) is 32.8 Å². The summed E-state index contributed by atoms with van der Waals surface area (Å²) in [5, 5.41) is 46.6.